The summed E-state index contributed by atoms with van der Waals surface area (Å²) < 4.78 is 10.1. The zero-order valence-corrected chi connectivity index (χ0v) is 13.7. The van der Waals surface area contributed by atoms with Crippen molar-refractivity contribution in [3.05, 3.63) is 12.5 Å². The number of amides is 1. The largest absolute Gasteiger partial charge is 0.444 e. The number of ether oxygens (including phenoxy) is 2. The van der Waals surface area contributed by atoms with Crippen LogP contribution in [-0.4, -0.2) is 35.8 Å². The first-order valence-electron chi connectivity index (χ1n) is 6.81. The Labute approximate surface area is 126 Å². The molecule has 0 rings (SSSR count). The summed E-state index contributed by atoms with van der Waals surface area (Å²) in [5.74, 6) is 4.97. The molecular weight excluding hydrogens is 274 g/mol. The van der Waals surface area contributed by atoms with Gasteiger partial charge in [-0.25, -0.2) is 15.4 Å². The third-order valence-corrected chi connectivity index (χ3v) is 2.29. The zero-order valence-electron chi connectivity index (χ0n) is 13.7. The van der Waals surface area contributed by atoms with Crippen LogP contribution in [0.15, 0.2) is 12.5 Å². The lowest BCUT2D eigenvalue weighted by molar-refractivity contribution is -0.144. The smallest absolute Gasteiger partial charge is 0.408 e. The van der Waals surface area contributed by atoms with Gasteiger partial charge in [0.1, 0.15) is 11.6 Å². The van der Waals surface area contributed by atoms with Gasteiger partial charge in [-0.2, -0.15) is 0 Å². The Balaban J connectivity index is 4.76. The molecule has 0 saturated carbocycles. The van der Waals surface area contributed by atoms with Gasteiger partial charge in [0.2, 0.25) is 5.88 Å². The SMILES string of the molecule is C=C(OC(=O)[C@H](CC(C)C)NC(=O)OC(C)(C)C)N(C)N. The number of rotatable bonds is 6. The number of hydrazine groups is 1. The van der Waals surface area contributed by atoms with Crippen LogP contribution in [0.5, 0.6) is 0 Å². The van der Waals surface area contributed by atoms with Crippen LogP contribution in [0.4, 0.5) is 4.79 Å². The van der Waals surface area contributed by atoms with Crippen molar-refractivity contribution >= 4 is 12.1 Å². The number of hydrogen-bond acceptors (Lipinski definition) is 6. The van der Waals surface area contributed by atoms with Gasteiger partial charge in [0.25, 0.3) is 0 Å². The minimum Gasteiger partial charge on any atom is -0.444 e. The summed E-state index contributed by atoms with van der Waals surface area (Å²) in [5.41, 5.74) is -0.641. The lowest BCUT2D eigenvalue weighted by Gasteiger charge is -2.24. The Morgan fingerprint density at radius 1 is 1.33 bits per heavy atom. The van der Waals surface area contributed by atoms with Gasteiger partial charge in [-0.1, -0.05) is 13.8 Å². The van der Waals surface area contributed by atoms with Crippen LogP contribution in [0.1, 0.15) is 41.0 Å². The van der Waals surface area contributed by atoms with E-state index in [4.69, 9.17) is 15.3 Å². The van der Waals surface area contributed by atoms with E-state index in [0.29, 0.717) is 6.42 Å². The molecule has 1 atom stereocenters. The van der Waals surface area contributed by atoms with Crippen molar-refractivity contribution in [1.82, 2.24) is 10.3 Å². The van der Waals surface area contributed by atoms with E-state index in [1.807, 2.05) is 13.8 Å². The van der Waals surface area contributed by atoms with Crippen molar-refractivity contribution in [3.63, 3.8) is 0 Å². The van der Waals surface area contributed by atoms with Crippen LogP contribution >= 0.6 is 0 Å². The fourth-order valence-electron chi connectivity index (χ4n) is 1.39. The molecule has 0 fully saturated rings. The first-order chi connectivity index (χ1) is 9.42. The molecule has 0 unspecified atom stereocenters. The second-order valence-electron chi connectivity index (χ2n) is 6.25. The molecule has 0 aromatic carbocycles. The predicted octanol–water partition coefficient (Wildman–Crippen LogP) is 1.75. The van der Waals surface area contributed by atoms with Gasteiger partial charge in [0, 0.05) is 7.05 Å². The van der Waals surface area contributed by atoms with Gasteiger partial charge in [-0.05, 0) is 39.7 Å². The van der Waals surface area contributed by atoms with E-state index in [-0.39, 0.29) is 11.8 Å². The highest BCUT2D eigenvalue weighted by Crippen LogP contribution is 2.11. The molecule has 0 aliphatic carbocycles. The lowest BCUT2D eigenvalue weighted by atomic mass is 10.0. The summed E-state index contributed by atoms with van der Waals surface area (Å²) in [4.78, 5) is 23.8. The van der Waals surface area contributed by atoms with Crippen LogP contribution in [0.25, 0.3) is 0 Å². The number of nitrogens with zero attached hydrogens (tertiary/aromatic N) is 1. The van der Waals surface area contributed by atoms with Crippen molar-refractivity contribution in [2.24, 2.45) is 11.8 Å². The Morgan fingerprint density at radius 3 is 2.24 bits per heavy atom. The highest BCUT2D eigenvalue weighted by Gasteiger charge is 2.27. The minimum atomic E-state index is -0.823. The molecule has 0 bridgehead atoms. The van der Waals surface area contributed by atoms with Crippen LogP contribution in [0.3, 0.4) is 0 Å². The van der Waals surface area contributed by atoms with Crippen LogP contribution in [0, 0.1) is 5.92 Å². The number of esters is 1. The summed E-state index contributed by atoms with van der Waals surface area (Å²) in [6, 6.07) is -0.823. The molecular formula is C14H27N3O4. The first kappa shape index (κ1) is 19.2. The van der Waals surface area contributed by atoms with Gasteiger partial charge in [0.05, 0.1) is 0 Å². The maximum absolute atomic E-state index is 12.1. The molecule has 0 aromatic heterocycles. The van der Waals surface area contributed by atoms with Gasteiger partial charge in [-0.15, -0.1) is 0 Å². The Kier molecular flexibility index (Phi) is 7.21. The molecule has 7 nitrogen and oxygen atoms in total. The maximum atomic E-state index is 12.1. The van der Waals surface area contributed by atoms with Gasteiger partial charge in [0.15, 0.2) is 0 Å². The third-order valence-electron chi connectivity index (χ3n) is 2.29. The molecule has 3 N–H and O–H groups in total. The number of nitrogens with two attached hydrogens (primary N) is 1. The number of carbonyl (C=O) groups is 2. The fraction of sp³-hybridized carbons (Fsp3) is 0.714. The van der Waals surface area contributed by atoms with Crippen molar-refractivity contribution in [3.8, 4) is 0 Å². The van der Waals surface area contributed by atoms with Crippen molar-refractivity contribution in [1.29, 1.82) is 0 Å². The molecule has 0 spiro atoms. The first-order valence-corrected chi connectivity index (χ1v) is 6.81. The summed E-state index contributed by atoms with van der Waals surface area (Å²) >= 11 is 0. The number of hydrogen-bond donors (Lipinski definition) is 2. The number of alkyl carbamates (subject to hydrolysis) is 1. The van der Waals surface area contributed by atoms with Crippen LogP contribution in [-0.2, 0) is 14.3 Å². The fourth-order valence-corrected chi connectivity index (χ4v) is 1.39. The van der Waals surface area contributed by atoms with Gasteiger partial charge < -0.3 is 14.8 Å². The number of nitrogens with one attached hydrogen (secondary N) is 1. The third kappa shape index (κ3) is 8.91. The summed E-state index contributed by atoms with van der Waals surface area (Å²) in [6.45, 7) is 12.6. The standard InChI is InChI=1S/C14H27N3O4/c1-9(2)8-11(12(18)20-10(3)17(7)15)16-13(19)21-14(4,5)6/h9,11H,3,8,15H2,1-2,4-7H3,(H,16,19)/t11-/m0/s1. The Hall–Kier alpha value is -1.76. The van der Waals surface area contributed by atoms with E-state index in [1.165, 1.54) is 7.05 Å². The molecule has 122 valence electrons. The quantitative estimate of drug-likeness (QED) is 0.336. The molecule has 0 aliphatic heterocycles. The Morgan fingerprint density at radius 2 is 1.86 bits per heavy atom. The van der Waals surface area contributed by atoms with Crippen molar-refractivity contribution in [2.75, 3.05) is 7.05 Å². The van der Waals surface area contributed by atoms with E-state index in [1.54, 1.807) is 20.8 Å². The zero-order chi connectivity index (χ0) is 16.8. The molecule has 0 saturated heterocycles. The summed E-state index contributed by atoms with van der Waals surface area (Å²) in [5, 5.41) is 3.59. The maximum Gasteiger partial charge on any atom is 0.408 e. The topological polar surface area (TPSA) is 93.9 Å². The van der Waals surface area contributed by atoms with Crippen LogP contribution < -0.4 is 11.2 Å². The molecule has 0 heterocycles. The monoisotopic (exact) mass is 301 g/mol. The normalized spacial score (nSPS) is 12.6. The van der Waals surface area contributed by atoms with Crippen molar-refractivity contribution in [2.45, 2.75) is 52.7 Å². The summed E-state index contributed by atoms with van der Waals surface area (Å²) in [6.07, 6.45) is -0.253. The average Bonchev–Trinajstić information content (AvgIpc) is 2.24. The highest BCUT2D eigenvalue weighted by molar-refractivity contribution is 5.82. The Bertz CT molecular complexity index is 386. The van der Waals surface area contributed by atoms with Crippen LogP contribution in [0.2, 0.25) is 0 Å². The van der Waals surface area contributed by atoms with E-state index >= 15 is 0 Å². The highest BCUT2D eigenvalue weighted by atomic mass is 16.6. The molecule has 0 aliphatic rings. The van der Waals surface area contributed by atoms with Gasteiger partial charge >= 0.3 is 12.1 Å². The lowest BCUT2D eigenvalue weighted by Crippen LogP contribution is -2.45. The number of carbonyl (C=O) groups excluding carboxylic acids is 2. The van der Waals surface area contributed by atoms with E-state index in [0.717, 1.165) is 5.01 Å². The minimum absolute atomic E-state index is 0.000236. The van der Waals surface area contributed by atoms with E-state index in [2.05, 4.69) is 11.9 Å². The average molecular weight is 301 g/mol. The molecule has 0 radical (unpaired) electrons. The van der Waals surface area contributed by atoms with E-state index < -0.39 is 23.7 Å². The predicted molar refractivity (Wildman–Crippen MR) is 79.8 cm³/mol. The summed E-state index contributed by atoms with van der Waals surface area (Å²) in [7, 11) is 1.49. The molecule has 21 heavy (non-hydrogen) atoms. The van der Waals surface area contributed by atoms with E-state index in [9.17, 15) is 9.59 Å². The molecule has 0 aromatic rings. The second kappa shape index (κ2) is 7.87. The van der Waals surface area contributed by atoms with Crippen molar-refractivity contribution < 1.29 is 19.1 Å². The molecule has 7 heteroatoms. The second-order valence-corrected chi connectivity index (χ2v) is 6.25. The molecule has 1 amide bonds. The van der Waals surface area contributed by atoms with Gasteiger partial charge in [-0.3, -0.25) is 5.01 Å².